The molecule has 0 amide bonds. The van der Waals surface area contributed by atoms with Crippen LogP contribution < -0.4 is 4.31 Å². The molecule has 1 rings (SSSR count). The highest BCUT2D eigenvalue weighted by Gasteiger charge is 2.17. The van der Waals surface area contributed by atoms with Crippen molar-refractivity contribution in [1.82, 2.24) is 4.98 Å². The van der Waals surface area contributed by atoms with Crippen LogP contribution in [0.1, 0.15) is 12.6 Å². The quantitative estimate of drug-likeness (QED) is 0.770. The van der Waals surface area contributed by atoms with Crippen LogP contribution in [0.5, 0.6) is 0 Å². The maximum Gasteiger partial charge on any atom is 0.236 e. The number of hydrogen-bond acceptors (Lipinski definition) is 4. The molecule has 4 nitrogen and oxygen atoms in total. The van der Waals surface area contributed by atoms with E-state index in [0.29, 0.717) is 5.13 Å². The fraction of sp³-hybridized carbons (Fsp3) is 0.571. The molecule has 0 aliphatic rings. The van der Waals surface area contributed by atoms with Crippen LogP contribution in [0.2, 0.25) is 0 Å². The second-order valence-corrected chi connectivity index (χ2v) is 5.76. The summed E-state index contributed by atoms with van der Waals surface area (Å²) in [6.07, 6.45) is 0. The molecule has 0 saturated carbocycles. The molecule has 0 bridgehead atoms. The average molecular weight is 220 g/mol. The molecule has 0 saturated heterocycles. The Morgan fingerprint density at radius 2 is 2.23 bits per heavy atom. The maximum absolute atomic E-state index is 11.4. The molecule has 1 heterocycles. The second kappa shape index (κ2) is 3.63. The summed E-state index contributed by atoms with van der Waals surface area (Å²) in [6, 6.07) is 0. The molecule has 1 aromatic heterocycles. The Balaban J connectivity index is 2.98. The predicted molar refractivity (Wildman–Crippen MR) is 54.7 cm³/mol. The normalized spacial score (nSPS) is 11.6. The first-order valence-corrected chi connectivity index (χ1v) is 6.35. The molecule has 0 radical (unpaired) electrons. The zero-order valence-corrected chi connectivity index (χ0v) is 9.44. The lowest BCUT2D eigenvalue weighted by Crippen LogP contribution is -2.27. The number of nitrogens with zero attached hydrogens (tertiary/aromatic N) is 2. The lowest BCUT2D eigenvalue weighted by molar-refractivity contribution is 0.595. The van der Waals surface area contributed by atoms with E-state index in [1.165, 1.54) is 22.7 Å². The fourth-order valence-electron chi connectivity index (χ4n) is 0.799. The average Bonchev–Trinajstić information content (AvgIpc) is 2.50. The van der Waals surface area contributed by atoms with Gasteiger partial charge >= 0.3 is 0 Å². The van der Waals surface area contributed by atoms with Gasteiger partial charge in [0.15, 0.2) is 5.13 Å². The standard InChI is InChI=1S/C7H12N2O2S2/c1-4-13(10,11)9(3)7-8-6(2)5-12-7/h5H,4H2,1-3H3. The second-order valence-electron chi connectivity index (χ2n) is 2.64. The lowest BCUT2D eigenvalue weighted by atomic mass is 10.6. The Hall–Kier alpha value is -0.620. The summed E-state index contributed by atoms with van der Waals surface area (Å²) >= 11 is 1.34. The van der Waals surface area contributed by atoms with E-state index >= 15 is 0 Å². The largest absolute Gasteiger partial charge is 0.248 e. The number of thiazole rings is 1. The molecule has 74 valence electrons. The zero-order chi connectivity index (χ0) is 10.1. The smallest absolute Gasteiger partial charge is 0.236 e. The van der Waals surface area contributed by atoms with Crippen molar-refractivity contribution in [3.8, 4) is 0 Å². The number of sulfonamides is 1. The van der Waals surface area contributed by atoms with Crippen LogP contribution in [0.4, 0.5) is 5.13 Å². The molecular weight excluding hydrogens is 208 g/mol. The molecular formula is C7H12N2O2S2. The van der Waals surface area contributed by atoms with Crippen LogP contribution in [0, 0.1) is 6.92 Å². The summed E-state index contributed by atoms with van der Waals surface area (Å²) in [5, 5.41) is 2.36. The van der Waals surface area contributed by atoms with E-state index in [1.807, 2.05) is 12.3 Å². The topological polar surface area (TPSA) is 50.3 Å². The van der Waals surface area contributed by atoms with Crippen LogP contribution >= 0.6 is 11.3 Å². The van der Waals surface area contributed by atoms with Crippen molar-refractivity contribution in [3.63, 3.8) is 0 Å². The van der Waals surface area contributed by atoms with Crippen LogP contribution in [0.3, 0.4) is 0 Å². The van der Waals surface area contributed by atoms with E-state index in [-0.39, 0.29) is 5.75 Å². The third-order valence-electron chi connectivity index (χ3n) is 1.66. The van der Waals surface area contributed by atoms with E-state index < -0.39 is 10.0 Å². The van der Waals surface area contributed by atoms with Crippen molar-refractivity contribution >= 4 is 26.5 Å². The van der Waals surface area contributed by atoms with Crippen molar-refractivity contribution in [2.24, 2.45) is 0 Å². The van der Waals surface area contributed by atoms with Gasteiger partial charge in [0.1, 0.15) is 0 Å². The summed E-state index contributed by atoms with van der Waals surface area (Å²) in [6.45, 7) is 3.46. The number of aryl methyl sites for hydroxylation is 1. The summed E-state index contributed by atoms with van der Waals surface area (Å²) in [5.74, 6) is 0.0993. The SMILES string of the molecule is CCS(=O)(=O)N(C)c1nc(C)cs1. The van der Waals surface area contributed by atoms with Gasteiger partial charge in [-0.15, -0.1) is 11.3 Å². The first-order chi connectivity index (χ1) is 5.97. The fourth-order valence-corrected chi connectivity index (χ4v) is 2.61. The number of hydrogen-bond donors (Lipinski definition) is 0. The Kier molecular flexibility index (Phi) is 2.92. The number of aromatic nitrogens is 1. The van der Waals surface area contributed by atoms with Gasteiger partial charge in [-0.3, -0.25) is 0 Å². The van der Waals surface area contributed by atoms with E-state index in [9.17, 15) is 8.42 Å². The van der Waals surface area contributed by atoms with E-state index in [4.69, 9.17) is 0 Å². The third-order valence-corrected chi connectivity index (χ3v) is 4.55. The van der Waals surface area contributed by atoms with E-state index in [0.717, 1.165) is 5.69 Å². The van der Waals surface area contributed by atoms with Gasteiger partial charge in [0.2, 0.25) is 10.0 Å². The zero-order valence-electron chi connectivity index (χ0n) is 7.81. The molecule has 0 fully saturated rings. The number of rotatable bonds is 3. The maximum atomic E-state index is 11.4. The van der Waals surface area contributed by atoms with Crippen LogP contribution in [-0.4, -0.2) is 26.2 Å². The predicted octanol–water partition coefficient (Wildman–Crippen LogP) is 1.24. The van der Waals surface area contributed by atoms with Crippen LogP contribution in [-0.2, 0) is 10.0 Å². The molecule has 0 atom stereocenters. The van der Waals surface area contributed by atoms with Gasteiger partial charge in [-0.2, -0.15) is 0 Å². The minimum Gasteiger partial charge on any atom is -0.248 e. The summed E-state index contributed by atoms with van der Waals surface area (Å²) in [7, 11) is -1.63. The highest BCUT2D eigenvalue weighted by atomic mass is 32.2. The van der Waals surface area contributed by atoms with Crippen molar-refractivity contribution in [1.29, 1.82) is 0 Å². The Bertz CT molecular complexity index is 383. The lowest BCUT2D eigenvalue weighted by Gasteiger charge is -2.14. The minimum absolute atomic E-state index is 0.0993. The third kappa shape index (κ3) is 2.19. The highest BCUT2D eigenvalue weighted by molar-refractivity contribution is 7.92. The first-order valence-electron chi connectivity index (χ1n) is 3.86. The van der Waals surface area contributed by atoms with Gasteiger partial charge in [0, 0.05) is 12.4 Å². The van der Waals surface area contributed by atoms with Crippen molar-refractivity contribution < 1.29 is 8.42 Å². The van der Waals surface area contributed by atoms with Gasteiger partial charge in [-0.05, 0) is 13.8 Å². The Labute approximate surface area is 82.3 Å². The van der Waals surface area contributed by atoms with Gasteiger partial charge < -0.3 is 0 Å². The molecule has 6 heteroatoms. The van der Waals surface area contributed by atoms with Crippen LogP contribution in [0.25, 0.3) is 0 Å². The molecule has 0 aromatic carbocycles. The molecule has 13 heavy (non-hydrogen) atoms. The summed E-state index contributed by atoms with van der Waals surface area (Å²) in [4.78, 5) is 4.09. The molecule has 0 aliphatic heterocycles. The molecule has 0 unspecified atom stereocenters. The number of anilines is 1. The summed E-state index contributed by atoms with van der Waals surface area (Å²) < 4.78 is 24.0. The van der Waals surface area contributed by atoms with E-state index in [2.05, 4.69) is 4.98 Å². The van der Waals surface area contributed by atoms with Gasteiger partial charge in [-0.1, -0.05) is 0 Å². The van der Waals surface area contributed by atoms with Gasteiger partial charge in [0.05, 0.1) is 11.4 Å². The van der Waals surface area contributed by atoms with Gasteiger partial charge in [0.25, 0.3) is 0 Å². The van der Waals surface area contributed by atoms with Crippen molar-refractivity contribution in [2.75, 3.05) is 17.1 Å². The first kappa shape index (κ1) is 10.5. The van der Waals surface area contributed by atoms with Crippen molar-refractivity contribution in [3.05, 3.63) is 11.1 Å². The minimum atomic E-state index is -3.16. The Morgan fingerprint density at radius 3 is 2.62 bits per heavy atom. The molecule has 1 aromatic rings. The van der Waals surface area contributed by atoms with Crippen molar-refractivity contribution in [2.45, 2.75) is 13.8 Å². The van der Waals surface area contributed by atoms with Gasteiger partial charge in [-0.25, -0.2) is 17.7 Å². The molecule has 0 spiro atoms. The summed E-state index contributed by atoms with van der Waals surface area (Å²) in [5.41, 5.74) is 0.846. The molecule has 0 N–H and O–H groups in total. The van der Waals surface area contributed by atoms with E-state index in [1.54, 1.807) is 6.92 Å². The molecule has 0 aliphatic carbocycles. The monoisotopic (exact) mass is 220 g/mol. The highest BCUT2D eigenvalue weighted by Crippen LogP contribution is 2.21. The van der Waals surface area contributed by atoms with Crippen LogP contribution in [0.15, 0.2) is 5.38 Å². The Morgan fingerprint density at radius 1 is 1.62 bits per heavy atom.